The van der Waals surface area contributed by atoms with Gasteiger partial charge in [0.05, 0.1) is 10.6 Å². The normalized spacial score (nSPS) is 12.2. The van der Waals surface area contributed by atoms with Crippen molar-refractivity contribution in [3.63, 3.8) is 0 Å². The van der Waals surface area contributed by atoms with Gasteiger partial charge in [-0.25, -0.2) is 0 Å². The van der Waals surface area contributed by atoms with Gasteiger partial charge in [-0.3, -0.25) is 0 Å². The summed E-state index contributed by atoms with van der Waals surface area (Å²) in [5, 5.41) is 11.7. The van der Waals surface area contributed by atoms with Crippen molar-refractivity contribution in [1.82, 2.24) is 0 Å². The van der Waals surface area contributed by atoms with E-state index in [2.05, 4.69) is 32.0 Å². The summed E-state index contributed by atoms with van der Waals surface area (Å²) in [4.78, 5) is 0.903. The molecule has 19 heavy (non-hydrogen) atoms. The Labute approximate surface area is 122 Å². The van der Waals surface area contributed by atoms with Gasteiger partial charge in [-0.15, -0.1) is 11.3 Å². The number of nitrogens with zero attached hydrogens (tertiary/aromatic N) is 1. The van der Waals surface area contributed by atoms with E-state index in [0.29, 0.717) is 16.5 Å². The van der Waals surface area contributed by atoms with Crippen molar-refractivity contribution in [1.29, 1.82) is 5.26 Å². The molecule has 96 valence electrons. The number of hydrogen-bond acceptors (Lipinski definition) is 2. The van der Waals surface area contributed by atoms with E-state index < -0.39 is 0 Å². The second kappa shape index (κ2) is 6.06. The second-order valence-corrected chi connectivity index (χ2v) is 5.88. The third-order valence-corrected chi connectivity index (χ3v) is 4.22. The highest BCUT2D eigenvalue weighted by Gasteiger charge is 2.10. The molecule has 0 saturated carbocycles. The van der Waals surface area contributed by atoms with Crippen LogP contribution in [0.25, 0.3) is 10.6 Å². The minimum absolute atomic E-state index is 0.490. The fourth-order valence-electron chi connectivity index (χ4n) is 1.79. The summed E-state index contributed by atoms with van der Waals surface area (Å²) in [5.74, 6) is 0.490. The molecule has 1 heterocycles. The predicted octanol–water partition coefficient (Wildman–Crippen LogP) is 5.50. The second-order valence-electron chi connectivity index (χ2n) is 4.55. The Balaban J connectivity index is 2.42. The van der Waals surface area contributed by atoms with Crippen LogP contribution in [0.5, 0.6) is 0 Å². The van der Waals surface area contributed by atoms with Crippen molar-refractivity contribution in [2.24, 2.45) is 0 Å². The summed E-state index contributed by atoms with van der Waals surface area (Å²) in [6, 6.07) is 14.1. The summed E-state index contributed by atoms with van der Waals surface area (Å²) in [7, 11) is 0. The van der Waals surface area contributed by atoms with E-state index in [1.54, 1.807) is 0 Å². The molecule has 0 aliphatic carbocycles. The largest absolute Gasteiger partial charge is 0.192 e. The molecule has 0 radical (unpaired) electrons. The van der Waals surface area contributed by atoms with E-state index in [1.165, 1.54) is 16.9 Å². The van der Waals surface area contributed by atoms with E-state index in [-0.39, 0.29) is 0 Å². The van der Waals surface area contributed by atoms with E-state index >= 15 is 0 Å². The SMILES string of the molecule is CC(C)c1ccc(/C(Cl)=C(\C#N)c2cccs2)cc1. The third kappa shape index (κ3) is 3.07. The smallest absolute Gasteiger partial charge is 0.102 e. The minimum atomic E-state index is 0.490. The number of hydrogen-bond donors (Lipinski definition) is 0. The van der Waals surface area contributed by atoms with Crippen molar-refractivity contribution in [3.05, 3.63) is 57.8 Å². The standard InChI is InChI=1S/C16H14ClNS/c1-11(2)12-5-7-13(8-6-12)16(17)14(10-18)15-4-3-9-19-15/h3-9,11H,1-2H3/b16-14-. The molecule has 0 aliphatic rings. The average molecular weight is 288 g/mol. The first-order chi connectivity index (χ1) is 9.13. The van der Waals surface area contributed by atoms with Gasteiger partial charge in [0.2, 0.25) is 0 Å². The Morgan fingerprint density at radius 1 is 1.21 bits per heavy atom. The zero-order valence-electron chi connectivity index (χ0n) is 10.9. The number of halogens is 1. The van der Waals surface area contributed by atoms with E-state index in [4.69, 9.17) is 11.6 Å². The maximum absolute atomic E-state index is 9.29. The van der Waals surface area contributed by atoms with Gasteiger partial charge in [-0.05, 0) is 28.5 Å². The Morgan fingerprint density at radius 3 is 2.37 bits per heavy atom. The van der Waals surface area contributed by atoms with Gasteiger partial charge >= 0.3 is 0 Å². The zero-order chi connectivity index (χ0) is 13.8. The number of allylic oxidation sites excluding steroid dienone is 1. The molecule has 2 rings (SSSR count). The van der Waals surface area contributed by atoms with Gasteiger partial charge in [0.25, 0.3) is 0 Å². The Bertz CT molecular complexity index is 616. The molecule has 0 bridgehead atoms. The topological polar surface area (TPSA) is 23.8 Å². The van der Waals surface area contributed by atoms with Crippen molar-refractivity contribution < 1.29 is 0 Å². The first-order valence-corrected chi connectivity index (χ1v) is 7.33. The van der Waals surface area contributed by atoms with E-state index in [1.807, 2.05) is 29.6 Å². The van der Waals surface area contributed by atoms with Crippen LogP contribution in [0.4, 0.5) is 0 Å². The maximum atomic E-state index is 9.29. The van der Waals surface area contributed by atoms with Gasteiger partial charge in [-0.2, -0.15) is 5.26 Å². The van der Waals surface area contributed by atoms with E-state index in [0.717, 1.165) is 10.4 Å². The van der Waals surface area contributed by atoms with Gasteiger partial charge in [0.15, 0.2) is 0 Å². The molecular weight excluding hydrogens is 274 g/mol. The molecule has 0 saturated heterocycles. The van der Waals surface area contributed by atoms with Crippen LogP contribution >= 0.6 is 22.9 Å². The highest BCUT2D eigenvalue weighted by atomic mass is 35.5. The quantitative estimate of drug-likeness (QED) is 0.684. The summed E-state index contributed by atoms with van der Waals surface area (Å²) < 4.78 is 0. The van der Waals surface area contributed by atoms with E-state index in [9.17, 15) is 5.26 Å². The lowest BCUT2D eigenvalue weighted by Gasteiger charge is -2.07. The van der Waals surface area contributed by atoms with Crippen LogP contribution in [0.1, 0.15) is 35.8 Å². The molecule has 1 nitrogen and oxygen atoms in total. The van der Waals surface area contributed by atoms with Crippen LogP contribution in [0.3, 0.4) is 0 Å². The average Bonchev–Trinajstić information content (AvgIpc) is 2.93. The number of nitriles is 1. The monoisotopic (exact) mass is 287 g/mol. The first kappa shape index (κ1) is 13.9. The summed E-state index contributed by atoms with van der Waals surface area (Å²) in [6.07, 6.45) is 0. The fraction of sp³-hybridized carbons (Fsp3) is 0.188. The molecule has 0 aliphatic heterocycles. The van der Waals surface area contributed by atoms with Crippen LogP contribution in [0.15, 0.2) is 41.8 Å². The van der Waals surface area contributed by atoms with Gasteiger partial charge in [0, 0.05) is 4.88 Å². The van der Waals surface area contributed by atoms with Crippen LogP contribution in [0, 0.1) is 11.3 Å². The molecular formula is C16H14ClNS. The number of rotatable bonds is 3. The first-order valence-electron chi connectivity index (χ1n) is 6.07. The molecule has 0 N–H and O–H groups in total. The van der Waals surface area contributed by atoms with Crippen molar-refractivity contribution in [3.8, 4) is 6.07 Å². The van der Waals surface area contributed by atoms with Crippen molar-refractivity contribution in [2.75, 3.05) is 0 Å². The number of thiophene rings is 1. The molecule has 0 fully saturated rings. The Kier molecular flexibility index (Phi) is 4.42. The fourth-order valence-corrected chi connectivity index (χ4v) is 2.84. The Hall–Kier alpha value is -1.56. The van der Waals surface area contributed by atoms with Crippen LogP contribution in [-0.2, 0) is 0 Å². The molecule has 0 unspecified atom stereocenters. The van der Waals surface area contributed by atoms with Gasteiger partial charge < -0.3 is 0 Å². The lowest BCUT2D eigenvalue weighted by Crippen LogP contribution is -1.88. The molecule has 3 heteroatoms. The van der Waals surface area contributed by atoms with Crippen molar-refractivity contribution >= 4 is 33.5 Å². The maximum Gasteiger partial charge on any atom is 0.102 e. The Morgan fingerprint density at radius 2 is 1.89 bits per heavy atom. The molecule has 2 aromatic rings. The highest BCUT2D eigenvalue weighted by molar-refractivity contribution is 7.11. The van der Waals surface area contributed by atoms with Gasteiger partial charge in [0.1, 0.15) is 6.07 Å². The highest BCUT2D eigenvalue weighted by Crippen LogP contribution is 2.32. The predicted molar refractivity (Wildman–Crippen MR) is 83.1 cm³/mol. The minimum Gasteiger partial charge on any atom is -0.192 e. The zero-order valence-corrected chi connectivity index (χ0v) is 12.4. The lowest BCUT2D eigenvalue weighted by atomic mass is 10.0. The lowest BCUT2D eigenvalue weighted by molar-refractivity contribution is 0.866. The van der Waals surface area contributed by atoms with Gasteiger partial charge in [-0.1, -0.05) is 55.8 Å². The van der Waals surface area contributed by atoms with Crippen molar-refractivity contribution in [2.45, 2.75) is 19.8 Å². The molecule has 0 spiro atoms. The molecule has 1 aromatic heterocycles. The van der Waals surface area contributed by atoms with Crippen LogP contribution < -0.4 is 0 Å². The van der Waals surface area contributed by atoms with Crippen LogP contribution in [0.2, 0.25) is 0 Å². The molecule has 0 amide bonds. The number of benzene rings is 1. The summed E-state index contributed by atoms with van der Waals surface area (Å²) in [5.41, 5.74) is 2.69. The summed E-state index contributed by atoms with van der Waals surface area (Å²) in [6.45, 7) is 4.30. The molecule has 0 atom stereocenters. The molecule has 1 aromatic carbocycles. The summed E-state index contributed by atoms with van der Waals surface area (Å²) >= 11 is 7.88. The third-order valence-electron chi connectivity index (χ3n) is 2.93. The van der Waals surface area contributed by atoms with Crippen LogP contribution in [-0.4, -0.2) is 0 Å².